The van der Waals surface area contributed by atoms with Gasteiger partial charge in [0.1, 0.15) is 11.5 Å². The predicted molar refractivity (Wildman–Crippen MR) is 202 cm³/mol. The summed E-state index contributed by atoms with van der Waals surface area (Å²) in [5.41, 5.74) is 5.62. The van der Waals surface area contributed by atoms with Crippen LogP contribution in [0.2, 0.25) is 0 Å². The first-order valence-corrected chi connectivity index (χ1v) is 17.7. The molecule has 5 aromatic rings. The highest BCUT2D eigenvalue weighted by Gasteiger charge is 2.08. The van der Waals surface area contributed by atoms with E-state index in [9.17, 15) is 0 Å². The molecule has 9 nitrogen and oxygen atoms in total. The van der Waals surface area contributed by atoms with Crippen LogP contribution in [0.15, 0.2) is 104 Å². The number of unbranched alkanes of at least 4 members (excludes halogenated alkanes) is 6. The minimum Gasteiger partial charge on any atom is -0.494 e. The lowest BCUT2D eigenvalue weighted by molar-refractivity contribution is 0.248. The van der Waals surface area contributed by atoms with E-state index in [1.165, 1.54) is 0 Å². The van der Waals surface area contributed by atoms with E-state index in [0.717, 1.165) is 85.1 Å². The number of hydrogen-bond acceptors (Lipinski definition) is 9. The average Bonchev–Trinajstić information content (AvgIpc) is 3.20. The van der Waals surface area contributed by atoms with E-state index in [1.54, 1.807) is 6.08 Å². The van der Waals surface area contributed by atoms with Crippen LogP contribution in [0.1, 0.15) is 68.3 Å². The molecule has 0 saturated carbocycles. The number of benzene rings is 4. The number of nitrogens with zero attached hydrogens (tertiary/aromatic N) is 5. The number of hydrogen-bond donors (Lipinski definition) is 0. The topological polar surface area (TPSA) is 123 Å². The number of nitriles is 2. The monoisotopic (exact) mass is 693 g/mol. The van der Waals surface area contributed by atoms with Gasteiger partial charge in [0.2, 0.25) is 0 Å². The average molecular weight is 694 g/mol. The first kappa shape index (κ1) is 37.1. The Balaban J connectivity index is 0.897. The van der Waals surface area contributed by atoms with E-state index in [1.807, 2.05) is 97.1 Å². The fourth-order valence-electron chi connectivity index (χ4n) is 5.36. The van der Waals surface area contributed by atoms with E-state index < -0.39 is 0 Å². The molecule has 0 aliphatic carbocycles. The van der Waals surface area contributed by atoms with Gasteiger partial charge in [0.05, 0.1) is 49.7 Å². The molecule has 0 atom stereocenters. The molecule has 0 radical (unpaired) electrons. The second-order valence-electron chi connectivity index (χ2n) is 12.1. The van der Waals surface area contributed by atoms with Gasteiger partial charge in [-0.25, -0.2) is 0 Å². The van der Waals surface area contributed by atoms with Crippen LogP contribution in [0.5, 0.6) is 23.5 Å². The molecule has 0 spiro atoms. The summed E-state index contributed by atoms with van der Waals surface area (Å²) >= 11 is 0. The van der Waals surface area contributed by atoms with Gasteiger partial charge in [-0.05, 0) is 128 Å². The van der Waals surface area contributed by atoms with Crippen LogP contribution in [0.3, 0.4) is 0 Å². The molecule has 0 aliphatic heterocycles. The highest BCUT2D eigenvalue weighted by Crippen LogP contribution is 2.24. The van der Waals surface area contributed by atoms with Crippen molar-refractivity contribution in [1.82, 2.24) is 15.0 Å². The molecule has 0 unspecified atom stereocenters. The molecule has 9 heteroatoms. The third-order valence-electron chi connectivity index (χ3n) is 8.27. The van der Waals surface area contributed by atoms with E-state index in [0.29, 0.717) is 43.4 Å². The maximum atomic E-state index is 8.98. The van der Waals surface area contributed by atoms with Crippen LogP contribution in [0, 0.1) is 22.7 Å². The van der Waals surface area contributed by atoms with Gasteiger partial charge in [-0.2, -0.15) is 20.5 Å². The zero-order chi connectivity index (χ0) is 36.2. The largest absolute Gasteiger partial charge is 0.494 e. The van der Waals surface area contributed by atoms with E-state index in [2.05, 4.69) is 33.7 Å². The quantitative estimate of drug-likeness (QED) is 0.0691. The van der Waals surface area contributed by atoms with Crippen LogP contribution in [-0.2, 0) is 0 Å². The lowest BCUT2D eigenvalue weighted by atomic mass is 10.0. The summed E-state index contributed by atoms with van der Waals surface area (Å²) in [6, 6.07) is 35.9. The summed E-state index contributed by atoms with van der Waals surface area (Å²) in [5.74, 6) is 2.11. The number of rotatable bonds is 21. The second-order valence-corrected chi connectivity index (χ2v) is 12.1. The SMILES string of the molecule is C=Cc1nc(OCCCCCCOc2ccc(-c3ccc(C#N)cc3)cc2)nc(OCCCCCCOc2ccc(-c3ccc(C#N)cc3)cc2)n1. The van der Waals surface area contributed by atoms with Crippen molar-refractivity contribution in [1.29, 1.82) is 10.5 Å². The van der Waals surface area contributed by atoms with Gasteiger partial charge in [0, 0.05) is 0 Å². The molecular formula is C43H43N5O4. The number of aromatic nitrogens is 3. The summed E-state index contributed by atoms with van der Waals surface area (Å²) in [7, 11) is 0. The molecule has 1 heterocycles. The van der Waals surface area contributed by atoms with Crippen molar-refractivity contribution < 1.29 is 18.9 Å². The van der Waals surface area contributed by atoms with Gasteiger partial charge in [-0.1, -0.05) is 55.1 Å². The molecular weight excluding hydrogens is 651 g/mol. The van der Waals surface area contributed by atoms with Crippen molar-refractivity contribution in [2.45, 2.75) is 51.4 Å². The Hall–Kier alpha value is -6.19. The molecule has 0 fully saturated rings. The molecule has 4 aromatic carbocycles. The van der Waals surface area contributed by atoms with Gasteiger partial charge < -0.3 is 18.9 Å². The number of ether oxygens (including phenoxy) is 4. The van der Waals surface area contributed by atoms with Crippen LogP contribution in [0.25, 0.3) is 28.3 Å². The first-order valence-electron chi connectivity index (χ1n) is 17.7. The predicted octanol–water partition coefficient (Wildman–Crippen LogP) is 9.63. The fourth-order valence-corrected chi connectivity index (χ4v) is 5.36. The fraction of sp³-hybridized carbons (Fsp3) is 0.279. The van der Waals surface area contributed by atoms with Crippen molar-refractivity contribution in [2.24, 2.45) is 0 Å². The highest BCUT2D eigenvalue weighted by atomic mass is 16.5. The molecule has 0 aliphatic rings. The van der Waals surface area contributed by atoms with Crippen molar-refractivity contribution >= 4 is 6.08 Å². The third-order valence-corrected chi connectivity index (χ3v) is 8.27. The van der Waals surface area contributed by atoms with Crippen molar-refractivity contribution in [2.75, 3.05) is 26.4 Å². The van der Waals surface area contributed by atoms with Crippen molar-refractivity contribution in [3.63, 3.8) is 0 Å². The van der Waals surface area contributed by atoms with Crippen molar-refractivity contribution in [3.8, 4) is 57.9 Å². The zero-order valence-corrected chi connectivity index (χ0v) is 29.4. The summed E-state index contributed by atoms with van der Waals surface area (Å²) in [6.07, 6.45) is 9.25. The van der Waals surface area contributed by atoms with E-state index in [-0.39, 0.29) is 12.0 Å². The Morgan fingerprint density at radius 3 is 1.10 bits per heavy atom. The first-order chi connectivity index (χ1) is 25.6. The Morgan fingerprint density at radius 1 is 0.442 bits per heavy atom. The molecule has 0 bridgehead atoms. The normalized spacial score (nSPS) is 10.5. The Bertz CT molecular complexity index is 1780. The molecule has 5 rings (SSSR count). The molecule has 1 aromatic heterocycles. The van der Waals surface area contributed by atoms with Crippen LogP contribution < -0.4 is 18.9 Å². The Kier molecular flexibility index (Phi) is 14.6. The summed E-state index contributed by atoms with van der Waals surface area (Å²) in [6.45, 7) is 6.08. The van der Waals surface area contributed by atoms with Gasteiger partial charge >= 0.3 is 12.0 Å². The maximum Gasteiger partial charge on any atom is 0.323 e. The third kappa shape index (κ3) is 12.0. The lowest BCUT2D eigenvalue weighted by Crippen LogP contribution is -2.08. The molecule has 0 saturated heterocycles. The summed E-state index contributed by atoms with van der Waals surface area (Å²) in [5, 5.41) is 18.0. The van der Waals surface area contributed by atoms with Crippen LogP contribution in [-0.4, -0.2) is 41.4 Å². The van der Waals surface area contributed by atoms with Gasteiger partial charge in [-0.3, -0.25) is 0 Å². The Labute approximate surface area is 306 Å². The lowest BCUT2D eigenvalue weighted by Gasteiger charge is -2.09. The summed E-state index contributed by atoms with van der Waals surface area (Å²) in [4.78, 5) is 12.9. The van der Waals surface area contributed by atoms with E-state index in [4.69, 9.17) is 29.5 Å². The maximum absolute atomic E-state index is 8.98. The van der Waals surface area contributed by atoms with E-state index >= 15 is 0 Å². The molecule has 0 N–H and O–H groups in total. The van der Waals surface area contributed by atoms with Gasteiger partial charge in [0.15, 0.2) is 5.82 Å². The molecule has 264 valence electrons. The smallest absolute Gasteiger partial charge is 0.323 e. The van der Waals surface area contributed by atoms with Crippen molar-refractivity contribution in [3.05, 3.63) is 121 Å². The minimum absolute atomic E-state index is 0.245. The van der Waals surface area contributed by atoms with Gasteiger partial charge in [-0.15, -0.1) is 4.98 Å². The standard InChI is InChI=1S/C43H43N5O4/c1-2-41-46-42(51-29-9-5-3-7-27-49-39-23-19-37(20-24-39)35-15-11-33(31-44)12-16-35)48-43(47-41)52-30-10-6-4-8-28-50-40-25-21-38(22-26-40)36-17-13-34(32-45)14-18-36/h2,11-26H,1,3-10,27-30H2. The highest BCUT2D eigenvalue weighted by molar-refractivity contribution is 5.66. The zero-order valence-electron chi connectivity index (χ0n) is 29.4. The Morgan fingerprint density at radius 2 is 0.769 bits per heavy atom. The molecule has 52 heavy (non-hydrogen) atoms. The second kappa shape index (κ2) is 20.5. The van der Waals surface area contributed by atoms with Gasteiger partial charge in [0.25, 0.3) is 0 Å². The van der Waals surface area contributed by atoms with Crippen LogP contribution >= 0.6 is 0 Å². The molecule has 0 amide bonds. The summed E-state index contributed by atoms with van der Waals surface area (Å²) < 4.78 is 23.4. The van der Waals surface area contributed by atoms with Crippen LogP contribution in [0.4, 0.5) is 0 Å². The minimum atomic E-state index is 0.245.